The van der Waals surface area contributed by atoms with Crippen molar-refractivity contribution in [3.63, 3.8) is 0 Å². The number of aryl methyl sites for hydroxylation is 2. The van der Waals surface area contributed by atoms with Crippen LogP contribution in [0.4, 0.5) is 0 Å². The monoisotopic (exact) mass is 202 g/mol. The Balaban J connectivity index is 2.62. The Labute approximate surface area is 85.8 Å². The Morgan fingerprint density at radius 1 is 1.21 bits per heavy atom. The number of fused-ring (bicyclic) bond motifs is 3. The first-order valence-electron chi connectivity index (χ1n) is 4.60. The fourth-order valence-electron chi connectivity index (χ4n) is 1.76. The highest BCUT2D eigenvalue weighted by molar-refractivity contribution is 7.23. The van der Waals surface area contributed by atoms with Crippen LogP contribution in [0.15, 0.2) is 24.3 Å². The molecule has 3 heteroatoms. The highest BCUT2D eigenvalue weighted by atomic mass is 32.1. The molecule has 14 heavy (non-hydrogen) atoms. The molecule has 0 aliphatic heterocycles. The summed E-state index contributed by atoms with van der Waals surface area (Å²) in [6, 6.07) is 8.43. The van der Waals surface area contributed by atoms with Gasteiger partial charge in [-0.15, -0.1) is 0 Å². The molecule has 3 rings (SSSR count). The van der Waals surface area contributed by atoms with Gasteiger partial charge in [-0.3, -0.25) is 4.40 Å². The van der Waals surface area contributed by atoms with E-state index >= 15 is 0 Å². The first-order valence-corrected chi connectivity index (χ1v) is 5.42. The minimum Gasteiger partial charge on any atom is -0.287 e. The zero-order valence-corrected chi connectivity index (χ0v) is 8.93. The van der Waals surface area contributed by atoms with E-state index < -0.39 is 0 Å². The Morgan fingerprint density at radius 3 is 2.86 bits per heavy atom. The number of hydrogen-bond donors (Lipinski definition) is 0. The molecular weight excluding hydrogens is 192 g/mol. The molecule has 2 aromatic heterocycles. The maximum absolute atomic E-state index is 4.53. The molecule has 0 atom stereocenters. The molecule has 2 heterocycles. The molecule has 0 radical (unpaired) electrons. The van der Waals surface area contributed by atoms with Crippen molar-refractivity contribution in [3.05, 3.63) is 35.7 Å². The summed E-state index contributed by atoms with van der Waals surface area (Å²) >= 11 is 1.75. The molecule has 0 N–H and O–H groups in total. The van der Waals surface area contributed by atoms with Crippen LogP contribution >= 0.6 is 11.3 Å². The van der Waals surface area contributed by atoms with E-state index in [2.05, 4.69) is 47.5 Å². The average Bonchev–Trinajstić information content (AvgIpc) is 2.65. The van der Waals surface area contributed by atoms with Crippen LogP contribution in [-0.2, 0) is 0 Å². The van der Waals surface area contributed by atoms with Crippen LogP contribution in [-0.4, -0.2) is 9.38 Å². The number of benzene rings is 1. The summed E-state index contributed by atoms with van der Waals surface area (Å²) in [5, 5.41) is 0. The Kier molecular flexibility index (Phi) is 1.47. The normalized spacial score (nSPS) is 11.6. The van der Waals surface area contributed by atoms with Crippen LogP contribution < -0.4 is 0 Å². The van der Waals surface area contributed by atoms with Crippen LogP contribution in [0.3, 0.4) is 0 Å². The fourth-order valence-corrected chi connectivity index (χ4v) is 2.87. The fraction of sp³-hybridized carbons (Fsp3) is 0.182. The molecule has 1 aromatic carbocycles. The van der Waals surface area contributed by atoms with Gasteiger partial charge >= 0.3 is 0 Å². The molecular formula is C11H10N2S. The summed E-state index contributed by atoms with van der Waals surface area (Å²) in [7, 11) is 0. The lowest BCUT2D eigenvalue weighted by Gasteiger charge is -1.93. The summed E-state index contributed by atoms with van der Waals surface area (Å²) in [5.41, 5.74) is 3.64. The van der Waals surface area contributed by atoms with Crippen LogP contribution in [0.25, 0.3) is 15.2 Å². The van der Waals surface area contributed by atoms with E-state index in [-0.39, 0.29) is 0 Å². The SMILES string of the molecule is Cc1nc2sc3ccccc3n2c1C. The number of thiazole rings is 1. The first kappa shape index (κ1) is 8.00. The van der Waals surface area contributed by atoms with Crippen molar-refractivity contribution < 1.29 is 0 Å². The molecule has 0 aliphatic rings. The number of para-hydroxylation sites is 1. The minimum absolute atomic E-state index is 1.10. The van der Waals surface area contributed by atoms with Crippen LogP contribution in [0.5, 0.6) is 0 Å². The molecule has 0 saturated heterocycles. The van der Waals surface area contributed by atoms with E-state index in [0.717, 1.165) is 10.7 Å². The third kappa shape index (κ3) is 0.876. The smallest absolute Gasteiger partial charge is 0.195 e. The summed E-state index contributed by atoms with van der Waals surface area (Å²) in [6.07, 6.45) is 0. The molecule has 3 aromatic rings. The standard InChI is InChI=1S/C11H10N2S/c1-7-8(2)13-9-5-3-4-6-10(9)14-11(13)12-7/h3-6H,1-2H3. The molecule has 70 valence electrons. The van der Waals surface area contributed by atoms with Crippen LogP contribution in [0.1, 0.15) is 11.4 Å². The van der Waals surface area contributed by atoms with Crippen molar-refractivity contribution in [2.45, 2.75) is 13.8 Å². The van der Waals surface area contributed by atoms with Crippen molar-refractivity contribution in [2.24, 2.45) is 0 Å². The zero-order valence-electron chi connectivity index (χ0n) is 8.11. The maximum atomic E-state index is 4.53. The van der Waals surface area contributed by atoms with Gasteiger partial charge in [-0.1, -0.05) is 23.5 Å². The molecule has 0 fully saturated rings. The third-order valence-electron chi connectivity index (χ3n) is 2.62. The Hall–Kier alpha value is -1.35. The second-order valence-electron chi connectivity index (χ2n) is 3.47. The number of hydrogen-bond acceptors (Lipinski definition) is 2. The molecule has 0 unspecified atom stereocenters. The van der Waals surface area contributed by atoms with Gasteiger partial charge in [0.05, 0.1) is 15.9 Å². The van der Waals surface area contributed by atoms with Gasteiger partial charge < -0.3 is 0 Å². The van der Waals surface area contributed by atoms with Gasteiger partial charge in [-0.05, 0) is 26.0 Å². The average molecular weight is 202 g/mol. The van der Waals surface area contributed by atoms with Gasteiger partial charge in [0.2, 0.25) is 0 Å². The van der Waals surface area contributed by atoms with Crippen molar-refractivity contribution in [1.82, 2.24) is 9.38 Å². The van der Waals surface area contributed by atoms with Crippen molar-refractivity contribution >= 4 is 26.5 Å². The van der Waals surface area contributed by atoms with E-state index in [0.29, 0.717) is 0 Å². The second-order valence-corrected chi connectivity index (χ2v) is 4.48. The van der Waals surface area contributed by atoms with E-state index in [4.69, 9.17) is 0 Å². The van der Waals surface area contributed by atoms with Crippen LogP contribution in [0.2, 0.25) is 0 Å². The van der Waals surface area contributed by atoms with E-state index in [9.17, 15) is 0 Å². The quantitative estimate of drug-likeness (QED) is 0.547. The van der Waals surface area contributed by atoms with Gasteiger partial charge in [0, 0.05) is 5.69 Å². The zero-order chi connectivity index (χ0) is 9.71. The van der Waals surface area contributed by atoms with E-state index in [1.807, 2.05) is 0 Å². The second kappa shape index (κ2) is 2.58. The highest BCUT2D eigenvalue weighted by Crippen LogP contribution is 2.27. The van der Waals surface area contributed by atoms with Gasteiger partial charge in [0.15, 0.2) is 4.96 Å². The Bertz CT molecular complexity index is 619. The van der Waals surface area contributed by atoms with Crippen molar-refractivity contribution in [1.29, 1.82) is 0 Å². The lowest BCUT2D eigenvalue weighted by Crippen LogP contribution is -1.84. The summed E-state index contributed by atoms with van der Waals surface area (Å²) in [6.45, 7) is 4.18. The van der Waals surface area contributed by atoms with Gasteiger partial charge in [-0.25, -0.2) is 4.98 Å². The largest absolute Gasteiger partial charge is 0.287 e. The Morgan fingerprint density at radius 2 is 2.00 bits per heavy atom. The summed E-state index contributed by atoms with van der Waals surface area (Å²) in [4.78, 5) is 5.63. The first-order chi connectivity index (χ1) is 6.77. The van der Waals surface area contributed by atoms with Gasteiger partial charge in [0.25, 0.3) is 0 Å². The van der Waals surface area contributed by atoms with Gasteiger partial charge in [-0.2, -0.15) is 0 Å². The lowest BCUT2D eigenvalue weighted by atomic mass is 10.3. The molecule has 0 saturated carbocycles. The van der Waals surface area contributed by atoms with E-state index in [1.54, 1.807) is 11.3 Å². The van der Waals surface area contributed by atoms with Crippen molar-refractivity contribution in [3.8, 4) is 0 Å². The molecule has 2 nitrogen and oxygen atoms in total. The topological polar surface area (TPSA) is 17.3 Å². The molecule has 0 spiro atoms. The number of nitrogens with zero attached hydrogens (tertiary/aromatic N) is 2. The lowest BCUT2D eigenvalue weighted by molar-refractivity contribution is 1.15. The minimum atomic E-state index is 1.10. The number of aromatic nitrogens is 2. The predicted octanol–water partition coefficient (Wildman–Crippen LogP) is 3.17. The highest BCUT2D eigenvalue weighted by Gasteiger charge is 2.09. The molecule has 0 amide bonds. The predicted molar refractivity (Wildman–Crippen MR) is 60.0 cm³/mol. The number of rotatable bonds is 0. The molecule has 0 aliphatic carbocycles. The maximum Gasteiger partial charge on any atom is 0.195 e. The third-order valence-corrected chi connectivity index (χ3v) is 3.64. The number of imidazole rings is 1. The van der Waals surface area contributed by atoms with Crippen molar-refractivity contribution in [2.75, 3.05) is 0 Å². The summed E-state index contributed by atoms with van der Waals surface area (Å²) < 4.78 is 3.54. The molecule has 0 bridgehead atoms. The summed E-state index contributed by atoms with van der Waals surface area (Å²) in [5.74, 6) is 0. The van der Waals surface area contributed by atoms with E-state index in [1.165, 1.54) is 15.9 Å². The van der Waals surface area contributed by atoms with Crippen LogP contribution in [0, 0.1) is 13.8 Å². The van der Waals surface area contributed by atoms with Gasteiger partial charge in [0.1, 0.15) is 0 Å².